The molecule has 0 saturated heterocycles. The highest BCUT2D eigenvalue weighted by molar-refractivity contribution is 9.10. The largest absolute Gasteiger partial charge is 0.383 e. The Morgan fingerprint density at radius 3 is 2.89 bits per heavy atom. The molecule has 102 valence electrons. The first-order chi connectivity index (χ1) is 9.28. The zero-order valence-corrected chi connectivity index (χ0v) is 13.6. The van der Waals surface area contributed by atoms with E-state index in [2.05, 4.69) is 42.7 Å². The van der Waals surface area contributed by atoms with E-state index in [1.54, 1.807) is 18.9 Å². The third-order valence-corrected chi connectivity index (χ3v) is 4.48. The number of benzene rings is 1. The van der Waals surface area contributed by atoms with Gasteiger partial charge in [0.15, 0.2) is 5.82 Å². The molecule has 2 rings (SSSR count). The number of methoxy groups -OCH3 is 1. The van der Waals surface area contributed by atoms with E-state index < -0.39 is 0 Å². The van der Waals surface area contributed by atoms with Crippen LogP contribution >= 0.6 is 39.2 Å². The van der Waals surface area contributed by atoms with Gasteiger partial charge in [-0.15, -0.1) is 11.8 Å². The minimum absolute atomic E-state index is 0.669. The molecule has 7 heteroatoms. The summed E-state index contributed by atoms with van der Waals surface area (Å²) in [7, 11) is 1.68. The Bertz CT molecular complexity index is 504. The zero-order chi connectivity index (χ0) is 13.5. The number of thioether (sulfide) groups is 1. The highest BCUT2D eigenvalue weighted by Crippen LogP contribution is 2.24. The second kappa shape index (κ2) is 7.84. The standard InChI is InChI=1S/C12H14BrN3OS2/c1-17-7-6-14-12-15-11(16-19-12)8-18-10-4-2-9(13)3-5-10/h2-5H,6-8H2,1H3,(H,14,15,16). The summed E-state index contributed by atoms with van der Waals surface area (Å²) in [6.45, 7) is 1.42. The topological polar surface area (TPSA) is 47.0 Å². The minimum atomic E-state index is 0.669. The quantitative estimate of drug-likeness (QED) is 0.603. The van der Waals surface area contributed by atoms with E-state index in [0.717, 1.165) is 27.7 Å². The lowest BCUT2D eigenvalue weighted by atomic mass is 10.4. The molecule has 0 fully saturated rings. The van der Waals surface area contributed by atoms with Crippen molar-refractivity contribution >= 4 is 44.4 Å². The third-order valence-electron chi connectivity index (χ3n) is 2.23. The van der Waals surface area contributed by atoms with E-state index >= 15 is 0 Å². The van der Waals surface area contributed by atoms with Crippen molar-refractivity contribution in [3.05, 3.63) is 34.6 Å². The first-order valence-corrected chi connectivity index (χ1v) is 8.27. The zero-order valence-electron chi connectivity index (χ0n) is 10.4. The summed E-state index contributed by atoms with van der Waals surface area (Å²) in [5, 5.41) is 4.03. The maximum Gasteiger partial charge on any atom is 0.202 e. The molecule has 1 aromatic heterocycles. The number of nitrogens with one attached hydrogen (secondary N) is 1. The SMILES string of the molecule is COCCNc1nc(CSc2ccc(Br)cc2)ns1. The fourth-order valence-corrected chi connectivity index (χ4v) is 3.03. The van der Waals surface area contributed by atoms with E-state index in [1.165, 1.54) is 16.4 Å². The number of halogens is 1. The summed E-state index contributed by atoms with van der Waals surface area (Å²) >= 11 is 6.55. The Morgan fingerprint density at radius 1 is 1.37 bits per heavy atom. The Balaban J connectivity index is 1.81. The summed E-state index contributed by atoms with van der Waals surface area (Å²) < 4.78 is 10.4. The minimum Gasteiger partial charge on any atom is -0.383 e. The lowest BCUT2D eigenvalue weighted by Crippen LogP contribution is -2.07. The van der Waals surface area contributed by atoms with E-state index in [4.69, 9.17) is 4.74 Å². The molecule has 0 bridgehead atoms. The summed E-state index contributed by atoms with van der Waals surface area (Å²) in [4.78, 5) is 5.64. The predicted octanol–water partition coefficient (Wildman–Crippen LogP) is 3.65. The van der Waals surface area contributed by atoms with Crippen LogP contribution in [0, 0.1) is 0 Å². The average Bonchev–Trinajstić information content (AvgIpc) is 2.86. The molecule has 0 unspecified atom stereocenters. The van der Waals surface area contributed by atoms with Crippen LogP contribution in [0.4, 0.5) is 5.13 Å². The fourth-order valence-electron chi connectivity index (χ4n) is 1.32. The number of rotatable bonds is 7. The summed E-state index contributed by atoms with van der Waals surface area (Å²) in [6, 6.07) is 8.24. The highest BCUT2D eigenvalue weighted by Gasteiger charge is 2.04. The highest BCUT2D eigenvalue weighted by atomic mass is 79.9. The van der Waals surface area contributed by atoms with Crippen LogP contribution in [0.2, 0.25) is 0 Å². The molecular weight excluding hydrogens is 346 g/mol. The van der Waals surface area contributed by atoms with Crippen LogP contribution in [0.5, 0.6) is 0 Å². The predicted molar refractivity (Wildman–Crippen MR) is 84.0 cm³/mol. The molecule has 0 aliphatic heterocycles. The van der Waals surface area contributed by atoms with Crippen molar-refractivity contribution < 1.29 is 4.74 Å². The number of aromatic nitrogens is 2. The number of hydrogen-bond acceptors (Lipinski definition) is 6. The molecule has 0 aliphatic carbocycles. The molecule has 1 N–H and O–H groups in total. The van der Waals surface area contributed by atoms with Crippen LogP contribution in [0.1, 0.15) is 5.82 Å². The molecule has 0 spiro atoms. The second-order valence-corrected chi connectivity index (χ2v) is 6.39. The van der Waals surface area contributed by atoms with Gasteiger partial charge in [-0.1, -0.05) is 15.9 Å². The first kappa shape index (κ1) is 14.8. The van der Waals surface area contributed by atoms with Gasteiger partial charge in [-0.05, 0) is 24.3 Å². The summed E-state index contributed by atoms with van der Waals surface area (Å²) in [5.41, 5.74) is 0. The lowest BCUT2D eigenvalue weighted by Gasteiger charge is -2.00. The number of anilines is 1. The number of nitrogens with zero attached hydrogens (tertiary/aromatic N) is 2. The molecule has 0 atom stereocenters. The van der Waals surface area contributed by atoms with Crippen molar-refractivity contribution in [2.75, 3.05) is 25.6 Å². The van der Waals surface area contributed by atoms with Crippen molar-refractivity contribution in [1.82, 2.24) is 9.36 Å². The normalized spacial score (nSPS) is 10.6. The van der Waals surface area contributed by atoms with Gasteiger partial charge in [-0.2, -0.15) is 4.37 Å². The monoisotopic (exact) mass is 359 g/mol. The van der Waals surface area contributed by atoms with E-state index in [-0.39, 0.29) is 0 Å². The van der Waals surface area contributed by atoms with Crippen LogP contribution < -0.4 is 5.32 Å². The van der Waals surface area contributed by atoms with Crippen molar-refractivity contribution in [2.24, 2.45) is 0 Å². The molecule has 0 amide bonds. The lowest BCUT2D eigenvalue weighted by molar-refractivity contribution is 0.211. The Kier molecular flexibility index (Phi) is 6.09. The van der Waals surface area contributed by atoms with Gasteiger partial charge in [0.2, 0.25) is 5.13 Å². The maximum atomic E-state index is 4.97. The van der Waals surface area contributed by atoms with Gasteiger partial charge in [0, 0.05) is 34.6 Å². The Morgan fingerprint density at radius 2 is 2.16 bits per heavy atom. The van der Waals surface area contributed by atoms with E-state index in [9.17, 15) is 0 Å². The smallest absolute Gasteiger partial charge is 0.202 e. The molecule has 1 heterocycles. The van der Waals surface area contributed by atoms with Crippen LogP contribution in [-0.4, -0.2) is 29.6 Å². The van der Waals surface area contributed by atoms with Crippen LogP contribution in [0.3, 0.4) is 0 Å². The van der Waals surface area contributed by atoms with Crippen LogP contribution in [0.25, 0.3) is 0 Å². The van der Waals surface area contributed by atoms with Gasteiger partial charge < -0.3 is 10.1 Å². The number of hydrogen-bond donors (Lipinski definition) is 1. The molecule has 0 aliphatic rings. The summed E-state index contributed by atoms with van der Waals surface area (Å²) in [5.74, 6) is 1.64. The first-order valence-electron chi connectivity index (χ1n) is 5.71. The van der Waals surface area contributed by atoms with Gasteiger partial charge in [0.25, 0.3) is 0 Å². The van der Waals surface area contributed by atoms with Crippen molar-refractivity contribution in [3.8, 4) is 0 Å². The molecular formula is C12H14BrN3OS2. The molecule has 19 heavy (non-hydrogen) atoms. The van der Waals surface area contributed by atoms with Gasteiger partial charge in [-0.25, -0.2) is 4.98 Å². The number of ether oxygens (including phenoxy) is 1. The van der Waals surface area contributed by atoms with Crippen LogP contribution in [-0.2, 0) is 10.5 Å². The maximum absolute atomic E-state index is 4.97. The third kappa shape index (κ3) is 5.10. The van der Waals surface area contributed by atoms with Gasteiger partial charge in [0.1, 0.15) is 0 Å². The second-order valence-electron chi connectivity index (χ2n) is 3.68. The van der Waals surface area contributed by atoms with Crippen molar-refractivity contribution in [3.63, 3.8) is 0 Å². The molecule has 2 aromatic rings. The molecule has 4 nitrogen and oxygen atoms in total. The molecule has 1 aromatic carbocycles. The van der Waals surface area contributed by atoms with Crippen LogP contribution in [0.15, 0.2) is 33.6 Å². The Labute approximate surface area is 129 Å². The molecule has 0 saturated carbocycles. The van der Waals surface area contributed by atoms with Gasteiger partial charge in [0.05, 0.1) is 12.4 Å². The Hall–Kier alpha value is -0.630. The summed E-state index contributed by atoms with van der Waals surface area (Å²) in [6.07, 6.45) is 0. The fraction of sp³-hybridized carbons (Fsp3) is 0.333. The average molecular weight is 360 g/mol. The van der Waals surface area contributed by atoms with Gasteiger partial charge >= 0.3 is 0 Å². The van der Waals surface area contributed by atoms with E-state index in [0.29, 0.717) is 6.61 Å². The van der Waals surface area contributed by atoms with Crippen molar-refractivity contribution in [2.45, 2.75) is 10.6 Å². The van der Waals surface area contributed by atoms with Gasteiger partial charge in [-0.3, -0.25) is 0 Å². The van der Waals surface area contributed by atoms with E-state index in [1.807, 2.05) is 12.1 Å². The van der Waals surface area contributed by atoms with Crippen molar-refractivity contribution in [1.29, 1.82) is 0 Å². The molecule has 0 radical (unpaired) electrons.